The van der Waals surface area contributed by atoms with Crippen LogP contribution in [-0.4, -0.2) is 31.1 Å². The molecule has 18 heavy (non-hydrogen) atoms. The highest BCUT2D eigenvalue weighted by molar-refractivity contribution is 5.14. The van der Waals surface area contributed by atoms with E-state index < -0.39 is 0 Å². The first-order chi connectivity index (χ1) is 8.90. The number of nitrogens with zero attached hydrogens (tertiary/aromatic N) is 1. The molecule has 0 radical (unpaired) electrons. The maximum atomic E-state index is 3.56. The molecule has 1 aromatic carbocycles. The summed E-state index contributed by atoms with van der Waals surface area (Å²) >= 11 is 0. The van der Waals surface area contributed by atoms with Gasteiger partial charge in [0.05, 0.1) is 0 Å². The molecule has 2 unspecified atom stereocenters. The van der Waals surface area contributed by atoms with Crippen LogP contribution in [0.25, 0.3) is 0 Å². The lowest BCUT2D eigenvalue weighted by Gasteiger charge is -2.31. The Bertz CT molecular complexity index is 351. The quantitative estimate of drug-likeness (QED) is 0.801. The molecule has 0 aromatic heterocycles. The maximum Gasteiger partial charge on any atom is 0.0206 e. The van der Waals surface area contributed by atoms with Crippen LogP contribution in [-0.2, 0) is 6.54 Å². The van der Waals surface area contributed by atoms with E-state index in [9.17, 15) is 0 Å². The van der Waals surface area contributed by atoms with Gasteiger partial charge in [0, 0.05) is 32.7 Å². The van der Waals surface area contributed by atoms with Crippen molar-refractivity contribution >= 4 is 0 Å². The van der Waals surface area contributed by atoms with Crippen LogP contribution in [0.1, 0.15) is 24.8 Å². The second-order valence-electron chi connectivity index (χ2n) is 5.97. The Kier molecular flexibility index (Phi) is 3.96. The number of benzene rings is 1. The molecule has 2 bridgehead atoms. The first-order valence-electron chi connectivity index (χ1n) is 7.37. The molecule has 1 saturated heterocycles. The van der Waals surface area contributed by atoms with Crippen molar-refractivity contribution < 1.29 is 0 Å². The molecule has 98 valence electrons. The van der Waals surface area contributed by atoms with Gasteiger partial charge in [-0.05, 0) is 36.7 Å². The van der Waals surface area contributed by atoms with Gasteiger partial charge < -0.3 is 10.2 Å². The fourth-order valence-corrected chi connectivity index (χ4v) is 3.56. The van der Waals surface area contributed by atoms with E-state index in [2.05, 4.69) is 40.5 Å². The molecule has 1 heterocycles. The Labute approximate surface area is 110 Å². The summed E-state index contributed by atoms with van der Waals surface area (Å²) in [6.45, 7) is 6.04. The third-order valence-electron chi connectivity index (χ3n) is 4.46. The predicted molar refractivity (Wildman–Crippen MR) is 75.4 cm³/mol. The van der Waals surface area contributed by atoms with Crippen LogP contribution in [0.5, 0.6) is 0 Å². The van der Waals surface area contributed by atoms with Gasteiger partial charge in [0.25, 0.3) is 0 Å². The fraction of sp³-hybridized carbons (Fsp3) is 0.625. The van der Waals surface area contributed by atoms with Crippen molar-refractivity contribution in [2.75, 3.05) is 26.2 Å². The van der Waals surface area contributed by atoms with Gasteiger partial charge in [0.1, 0.15) is 0 Å². The van der Waals surface area contributed by atoms with Crippen LogP contribution < -0.4 is 5.32 Å². The summed E-state index contributed by atoms with van der Waals surface area (Å²) in [5.41, 5.74) is 1.39. The Morgan fingerprint density at radius 3 is 2.50 bits per heavy atom. The zero-order chi connectivity index (χ0) is 12.2. The molecule has 1 N–H and O–H groups in total. The van der Waals surface area contributed by atoms with Crippen molar-refractivity contribution in [2.45, 2.75) is 25.8 Å². The van der Waals surface area contributed by atoms with Crippen molar-refractivity contribution in [1.29, 1.82) is 0 Å². The average Bonchev–Trinajstić information content (AvgIpc) is 2.75. The second kappa shape index (κ2) is 5.85. The lowest BCUT2D eigenvalue weighted by atomic mass is 9.99. The molecule has 1 saturated carbocycles. The van der Waals surface area contributed by atoms with E-state index in [-0.39, 0.29) is 0 Å². The van der Waals surface area contributed by atoms with Crippen LogP contribution in [0.2, 0.25) is 0 Å². The van der Waals surface area contributed by atoms with E-state index in [0.717, 1.165) is 24.9 Å². The molecule has 3 rings (SSSR count). The number of nitrogens with one attached hydrogen (secondary N) is 1. The fourth-order valence-electron chi connectivity index (χ4n) is 3.56. The molecule has 2 nitrogen and oxygen atoms in total. The predicted octanol–water partition coefficient (Wildman–Crippen LogP) is 2.51. The number of hydrogen-bond acceptors (Lipinski definition) is 2. The SMILES string of the molecule is c1ccc(CNCCN2CC3CCC(C3)C2)cc1. The second-order valence-corrected chi connectivity index (χ2v) is 5.97. The number of likely N-dealkylation sites (tertiary alicyclic amines) is 1. The molecule has 1 aliphatic heterocycles. The van der Waals surface area contributed by atoms with Gasteiger partial charge in [-0.2, -0.15) is 0 Å². The normalized spacial score (nSPS) is 27.6. The Balaban J connectivity index is 1.35. The highest BCUT2D eigenvalue weighted by Crippen LogP contribution is 2.35. The first-order valence-corrected chi connectivity index (χ1v) is 7.37. The van der Waals surface area contributed by atoms with Crippen LogP contribution in [0.15, 0.2) is 30.3 Å². The van der Waals surface area contributed by atoms with Crippen LogP contribution in [0.3, 0.4) is 0 Å². The van der Waals surface area contributed by atoms with E-state index in [1.165, 1.54) is 44.5 Å². The summed E-state index contributed by atoms with van der Waals surface area (Å²) in [7, 11) is 0. The summed E-state index contributed by atoms with van der Waals surface area (Å²) in [6.07, 6.45) is 4.48. The molecule has 2 fully saturated rings. The van der Waals surface area contributed by atoms with E-state index in [1.54, 1.807) is 0 Å². The molecule has 2 atom stereocenters. The van der Waals surface area contributed by atoms with Gasteiger partial charge >= 0.3 is 0 Å². The standard InChI is InChI=1S/C16H24N2/c1-2-4-14(5-3-1)11-17-8-9-18-12-15-6-7-16(10-15)13-18/h1-5,15-17H,6-13H2. The molecule has 2 aliphatic rings. The Morgan fingerprint density at radius 2 is 1.78 bits per heavy atom. The third kappa shape index (κ3) is 3.12. The maximum absolute atomic E-state index is 3.56. The molecule has 0 amide bonds. The van der Waals surface area contributed by atoms with Crippen molar-refractivity contribution in [3.05, 3.63) is 35.9 Å². The highest BCUT2D eigenvalue weighted by atomic mass is 15.2. The van der Waals surface area contributed by atoms with Gasteiger partial charge in [0.2, 0.25) is 0 Å². The zero-order valence-electron chi connectivity index (χ0n) is 11.1. The van der Waals surface area contributed by atoms with Crippen molar-refractivity contribution in [3.8, 4) is 0 Å². The molecule has 1 aromatic rings. The minimum absolute atomic E-state index is 1.00. The molecule has 0 spiro atoms. The average molecular weight is 244 g/mol. The number of rotatable bonds is 5. The minimum Gasteiger partial charge on any atom is -0.311 e. The first kappa shape index (κ1) is 12.2. The summed E-state index contributed by atoms with van der Waals surface area (Å²) in [6, 6.07) is 10.7. The van der Waals surface area contributed by atoms with E-state index >= 15 is 0 Å². The highest BCUT2D eigenvalue weighted by Gasteiger charge is 2.32. The lowest BCUT2D eigenvalue weighted by molar-refractivity contribution is 0.169. The molecule has 2 heteroatoms. The molecular weight excluding hydrogens is 220 g/mol. The Morgan fingerprint density at radius 1 is 1.06 bits per heavy atom. The van der Waals surface area contributed by atoms with E-state index in [0.29, 0.717) is 0 Å². The van der Waals surface area contributed by atoms with E-state index in [4.69, 9.17) is 0 Å². The summed E-state index contributed by atoms with van der Waals surface area (Å²) in [5, 5.41) is 3.56. The lowest BCUT2D eigenvalue weighted by Crippen LogP contribution is -2.40. The van der Waals surface area contributed by atoms with Gasteiger partial charge in [0.15, 0.2) is 0 Å². The third-order valence-corrected chi connectivity index (χ3v) is 4.46. The van der Waals surface area contributed by atoms with Crippen molar-refractivity contribution in [1.82, 2.24) is 10.2 Å². The van der Waals surface area contributed by atoms with Gasteiger partial charge in [-0.25, -0.2) is 0 Å². The number of fused-ring (bicyclic) bond motifs is 2. The van der Waals surface area contributed by atoms with Crippen LogP contribution >= 0.6 is 0 Å². The van der Waals surface area contributed by atoms with Gasteiger partial charge in [-0.3, -0.25) is 0 Å². The van der Waals surface area contributed by atoms with Crippen LogP contribution in [0, 0.1) is 11.8 Å². The topological polar surface area (TPSA) is 15.3 Å². The van der Waals surface area contributed by atoms with Crippen LogP contribution in [0.4, 0.5) is 0 Å². The zero-order valence-corrected chi connectivity index (χ0v) is 11.1. The minimum atomic E-state index is 1.00. The molecular formula is C16H24N2. The van der Waals surface area contributed by atoms with E-state index in [1.807, 2.05) is 0 Å². The summed E-state index contributed by atoms with van der Waals surface area (Å²) in [4.78, 5) is 2.67. The summed E-state index contributed by atoms with van der Waals surface area (Å²) in [5.74, 6) is 2.02. The summed E-state index contributed by atoms with van der Waals surface area (Å²) < 4.78 is 0. The monoisotopic (exact) mass is 244 g/mol. The number of piperidine rings is 1. The largest absolute Gasteiger partial charge is 0.311 e. The number of hydrogen-bond donors (Lipinski definition) is 1. The smallest absolute Gasteiger partial charge is 0.0206 e. The Hall–Kier alpha value is -0.860. The van der Waals surface area contributed by atoms with Crippen molar-refractivity contribution in [2.24, 2.45) is 11.8 Å². The van der Waals surface area contributed by atoms with Crippen molar-refractivity contribution in [3.63, 3.8) is 0 Å². The molecule has 1 aliphatic carbocycles. The van der Waals surface area contributed by atoms with Gasteiger partial charge in [-0.15, -0.1) is 0 Å². The van der Waals surface area contributed by atoms with Gasteiger partial charge in [-0.1, -0.05) is 30.3 Å².